The van der Waals surface area contributed by atoms with Gasteiger partial charge in [0.25, 0.3) is 0 Å². The van der Waals surface area contributed by atoms with E-state index >= 15 is 0 Å². The molecule has 1 fully saturated rings. The Balaban J connectivity index is 0.00000161. The molecule has 21 heavy (non-hydrogen) atoms. The maximum atomic E-state index is 11.7. The van der Waals surface area contributed by atoms with E-state index in [4.69, 9.17) is 5.73 Å². The molecule has 1 aliphatic heterocycles. The number of pyridine rings is 1. The highest BCUT2D eigenvalue weighted by Gasteiger charge is 2.37. The van der Waals surface area contributed by atoms with Crippen molar-refractivity contribution in [3.8, 4) is 0 Å². The highest BCUT2D eigenvalue weighted by molar-refractivity contribution is 7.88. The molecular formula is C13H19ClN4O2S. The molecule has 0 saturated carbocycles. The Labute approximate surface area is 130 Å². The van der Waals surface area contributed by atoms with Crippen molar-refractivity contribution in [2.75, 3.05) is 19.3 Å². The third-order valence-electron chi connectivity index (χ3n) is 4.02. The second-order valence-electron chi connectivity index (χ2n) is 5.44. The Bertz CT molecular complexity index is 759. The van der Waals surface area contributed by atoms with E-state index in [0.29, 0.717) is 13.1 Å². The summed E-state index contributed by atoms with van der Waals surface area (Å²) in [6.45, 7) is 0.826. The van der Waals surface area contributed by atoms with Crippen LogP contribution in [0.1, 0.15) is 11.5 Å². The van der Waals surface area contributed by atoms with Gasteiger partial charge in [-0.2, -0.15) is 4.31 Å². The molecule has 3 heterocycles. The molecule has 3 rings (SSSR count). The maximum Gasteiger partial charge on any atom is 0.211 e. The van der Waals surface area contributed by atoms with E-state index in [-0.39, 0.29) is 24.4 Å². The predicted octanol–water partition coefficient (Wildman–Crippen LogP) is 0.681. The molecule has 0 unspecified atom stereocenters. The van der Waals surface area contributed by atoms with Crippen molar-refractivity contribution < 1.29 is 8.42 Å². The lowest BCUT2D eigenvalue weighted by atomic mass is 9.95. The van der Waals surface area contributed by atoms with E-state index in [1.807, 2.05) is 30.1 Å². The smallest absolute Gasteiger partial charge is 0.211 e. The number of rotatable bonds is 2. The van der Waals surface area contributed by atoms with Gasteiger partial charge < -0.3 is 10.3 Å². The van der Waals surface area contributed by atoms with Gasteiger partial charge in [0.05, 0.1) is 18.0 Å². The molecule has 0 aromatic carbocycles. The number of hydrogen-bond acceptors (Lipinski definition) is 4. The van der Waals surface area contributed by atoms with E-state index in [2.05, 4.69) is 4.98 Å². The van der Waals surface area contributed by atoms with Crippen LogP contribution in [0.15, 0.2) is 24.7 Å². The Morgan fingerprint density at radius 2 is 2.10 bits per heavy atom. The fourth-order valence-corrected chi connectivity index (χ4v) is 3.82. The standard InChI is InChI=1S/C13H18N4O2S.ClH/c1-16-6-10(9-3-4-15-5-13(9)16)11-7-17(8-12(11)14)20(2,18)19;/h3-6,11-12H,7-8,14H2,1-2H3;1H/t11-,12+;/m0./s1. The highest BCUT2D eigenvalue weighted by Crippen LogP contribution is 2.33. The summed E-state index contributed by atoms with van der Waals surface area (Å²) in [5.74, 6) is 0.0239. The number of nitrogens with zero attached hydrogens (tertiary/aromatic N) is 3. The summed E-state index contributed by atoms with van der Waals surface area (Å²) in [5.41, 5.74) is 8.30. The van der Waals surface area contributed by atoms with Crippen LogP contribution in [0.5, 0.6) is 0 Å². The topological polar surface area (TPSA) is 81.2 Å². The average molecular weight is 331 g/mol. The number of sulfonamides is 1. The Morgan fingerprint density at radius 1 is 1.38 bits per heavy atom. The average Bonchev–Trinajstić information content (AvgIpc) is 2.91. The monoisotopic (exact) mass is 330 g/mol. The van der Waals surface area contributed by atoms with E-state index in [9.17, 15) is 8.42 Å². The zero-order chi connectivity index (χ0) is 14.5. The highest BCUT2D eigenvalue weighted by atomic mass is 35.5. The van der Waals surface area contributed by atoms with E-state index in [1.54, 1.807) is 6.20 Å². The number of halogens is 1. The molecule has 1 aliphatic rings. The molecule has 0 spiro atoms. The van der Waals surface area contributed by atoms with Gasteiger partial charge >= 0.3 is 0 Å². The predicted molar refractivity (Wildman–Crippen MR) is 85.1 cm³/mol. The van der Waals surface area contributed by atoms with Crippen molar-refractivity contribution in [1.82, 2.24) is 13.9 Å². The number of aromatic nitrogens is 2. The lowest BCUT2D eigenvalue weighted by Gasteiger charge is -2.13. The summed E-state index contributed by atoms with van der Waals surface area (Å²) in [6.07, 6.45) is 6.83. The van der Waals surface area contributed by atoms with Gasteiger partial charge in [-0.05, 0) is 11.6 Å². The SMILES string of the molecule is Cl.Cn1cc([C@@H]2CN(S(C)(=O)=O)C[C@H]2N)c2ccncc21. The summed E-state index contributed by atoms with van der Waals surface area (Å²) in [4.78, 5) is 4.13. The third kappa shape index (κ3) is 2.78. The second-order valence-corrected chi connectivity index (χ2v) is 7.42. The summed E-state index contributed by atoms with van der Waals surface area (Å²) in [6, 6.07) is 1.78. The van der Waals surface area contributed by atoms with Gasteiger partial charge in [-0.1, -0.05) is 0 Å². The molecule has 8 heteroatoms. The second kappa shape index (κ2) is 5.57. The minimum Gasteiger partial charge on any atom is -0.349 e. The number of hydrogen-bond donors (Lipinski definition) is 1. The van der Waals surface area contributed by atoms with Gasteiger partial charge in [0.15, 0.2) is 0 Å². The number of nitrogens with two attached hydrogens (primary N) is 1. The van der Waals surface area contributed by atoms with E-state index in [0.717, 1.165) is 16.5 Å². The molecule has 2 aromatic heterocycles. The van der Waals surface area contributed by atoms with Gasteiger partial charge in [-0.3, -0.25) is 4.98 Å². The number of fused-ring (bicyclic) bond motifs is 1. The summed E-state index contributed by atoms with van der Waals surface area (Å²) >= 11 is 0. The van der Waals surface area contributed by atoms with Crippen LogP contribution in [-0.2, 0) is 17.1 Å². The van der Waals surface area contributed by atoms with Crippen molar-refractivity contribution in [3.63, 3.8) is 0 Å². The van der Waals surface area contributed by atoms with Crippen molar-refractivity contribution in [2.24, 2.45) is 12.8 Å². The first-order valence-corrected chi connectivity index (χ1v) is 8.32. The third-order valence-corrected chi connectivity index (χ3v) is 5.26. The molecule has 2 atom stereocenters. The van der Waals surface area contributed by atoms with Gasteiger partial charge in [-0.15, -0.1) is 12.4 Å². The van der Waals surface area contributed by atoms with Gasteiger partial charge in [0.1, 0.15) is 0 Å². The van der Waals surface area contributed by atoms with Crippen LogP contribution in [0, 0.1) is 0 Å². The van der Waals surface area contributed by atoms with Crippen LogP contribution >= 0.6 is 12.4 Å². The van der Waals surface area contributed by atoms with Crippen LogP contribution < -0.4 is 5.73 Å². The minimum absolute atomic E-state index is 0. The summed E-state index contributed by atoms with van der Waals surface area (Å²) in [7, 11) is -1.23. The first-order chi connectivity index (χ1) is 9.38. The molecule has 6 nitrogen and oxygen atoms in total. The van der Waals surface area contributed by atoms with Crippen LogP contribution in [0.25, 0.3) is 10.9 Å². The first-order valence-electron chi connectivity index (χ1n) is 6.47. The molecule has 0 aliphatic carbocycles. The van der Waals surface area contributed by atoms with Crippen molar-refractivity contribution in [3.05, 3.63) is 30.2 Å². The Morgan fingerprint density at radius 3 is 2.71 bits per heavy atom. The fraction of sp³-hybridized carbons (Fsp3) is 0.462. The zero-order valence-electron chi connectivity index (χ0n) is 11.9. The van der Waals surface area contributed by atoms with Crippen LogP contribution in [-0.4, -0.2) is 47.7 Å². The maximum absolute atomic E-state index is 11.7. The van der Waals surface area contributed by atoms with Gasteiger partial charge in [0.2, 0.25) is 10.0 Å². The molecule has 0 amide bonds. The van der Waals surface area contributed by atoms with Crippen LogP contribution in [0.4, 0.5) is 0 Å². The lowest BCUT2D eigenvalue weighted by Crippen LogP contribution is -2.31. The molecule has 2 aromatic rings. The molecular weight excluding hydrogens is 312 g/mol. The zero-order valence-corrected chi connectivity index (χ0v) is 13.6. The summed E-state index contributed by atoms with van der Waals surface area (Å²) in [5, 5.41) is 1.10. The first kappa shape index (κ1) is 16.2. The number of aryl methyl sites for hydroxylation is 1. The molecule has 2 N–H and O–H groups in total. The molecule has 116 valence electrons. The van der Waals surface area contributed by atoms with Crippen molar-refractivity contribution in [2.45, 2.75) is 12.0 Å². The van der Waals surface area contributed by atoms with Crippen molar-refractivity contribution >= 4 is 33.3 Å². The Kier molecular flexibility index (Phi) is 4.30. The van der Waals surface area contributed by atoms with E-state index in [1.165, 1.54) is 10.6 Å². The molecule has 0 bridgehead atoms. The Hall–Kier alpha value is -1.15. The molecule has 0 radical (unpaired) electrons. The van der Waals surface area contributed by atoms with Crippen molar-refractivity contribution in [1.29, 1.82) is 0 Å². The van der Waals surface area contributed by atoms with E-state index < -0.39 is 10.0 Å². The minimum atomic E-state index is -3.19. The van der Waals surface area contributed by atoms with Gasteiger partial charge in [-0.25, -0.2) is 8.42 Å². The largest absolute Gasteiger partial charge is 0.349 e. The summed E-state index contributed by atoms with van der Waals surface area (Å²) < 4.78 is 26.8. The molecule has 1 saturated heterocycles. The normalized spacial score (nSPS) is 23.4. The lowest BCUT2D eigenvalue weighted by molar-refractivity contribution is 0.476. The fourth-order valence-electron chi connectivity index (χ4n) is 2.95. The van der Waals surface area contributed by atoms with Crippen LogP contribution in [0.3, 0.4) is 0 Å². The quantitative estimate of drug-likeness (QED) is 0.878. The van der Waals surface area contributed by atoms with Gasteiger partial charge in [0, 0.05) is 49.9 Å². The van der Waals surface area contributed by atoms with Crippen LogP contribution in [0.2, 0.25) is 0 Å².